The van der Waals surface area contributed by atoms with E-state index in [2.05, 4.69) is 10.3 Å². The first-order valence-electron chi connectivity index (χ1n) is 7.13. The second-order valence-electron chi connectivity index (χ2n) is 5.06. The van der Waals surface area contributed by atoms with Crippen LogP contribution in [-0.4, -0.2) is 15.5 Å². The molecular formula is C17H16FN3O. The first-order valence-corrected chi connectivity index (χ1v) is 7.13. The average molecular weight is 297 g/mol. The van der Waals surface area contributed by atoms with Crippen LogP contribution in [0.4, 0.5) is 4.39 Å². The molecule has 0 aliphatic heterocycles. The van der Waals surface area contributed by atoms with Gasteiger partial charge in [0.1, 0.15) is 5.82 Å². The number of rotatable bonds is 5. The van der Waals surface area contributed by atoms with Gasteiger partial charge in [0.05, 0.1) is 17.8 Å². The topological polar surface area (TPSA) is 46.9 Å². The lowest BCUT2D eigenvalue weighted by Gasteiger charge is -2.07. The number of aryl methyl sites for hydroxylation is 1. The Bertz CT molecular complexity index is 783. The highest BCUT2D eigenvalue weighted by Gasteiger charge is 2.06. The zero-order valence-electron chi connectivity index (χ0n) is 12.0. The number of fused-ring (bicyclic) bond motifs is 1. The number of nitrogens with zero attached hydrogens (tertiary/aromatic N) is 2. The summed E-state index contributed by atoms with van der Waals surface area (Å²) >= 11 is 0. The highest BCUT2D eigenvalue weighted by atomic mass is 19.1. The molecule has 5 heteroatoms. The molecular weight excluding hydrogens is 281 g/mol. The van der Waals surface area contributed by atoms with E-state index in [1.165, 1.54) is 12.1 Å². The van der Waals surface area contributed by atoms with Crippen molar-refractivity contribution >= 4 is 16.8 Å². The lowest BCUT2D eigenvalue weighted by molar-refractivity contribution is -0.121. The molecule has 0 saturated heterocycles. The van der Waals surface area contributed by atoms with Gasteiger partial charge in [0, 0.05) is 25.4 Å². The molecule has 4 nitrogen and oxygen atoms in total. The lowest BCUT2D eigenvalue weighted by atomic mass is 10.2. The van der Waals surface area contributed by atoms with E-state index in [1.807, 2.05) is 35.0 Å². The highest BCUT2D eigenvalue weighted by molar-refractivity contribution is 5.80. The van der Waals surface area contributed by atoms with E-state index in [0.717, 1.165) is 16.6 Å². The summed E-state index contributed by atoms with van der Waals surface area (Å²) in [7, 11) is 0. The minimum absolute atomic E-state index is 0.0519. The van der Waals surface area contributed by atoms with Gasteiger partial charge in [-0.15, -0.1) is 0 Å². The highest BCUT2D eigenvalue weighted by Crippen LogP contribution is 2.17. The quantitative estimate of drug-likeness (QED) is 0.787. The number of benzene rings is 1. The van der Waals surface area contributed by atoms with Gasteiger partial charge < -0.3 is 9.88 Å². The van der Waals surface area contributed by atoms with Crippen LogP contribution in [0, 0.1) is 5.82 Å². The molecule has 3 rings (SSSR count). The van der Waals surface area contributed by atoms with Crippen molar-refractivity contribution in [1.82, 2.24) is 14.9 Å². The fourth-order valence-corrected chi connectivity index (χ4v) is 2.35. The van der Waals surface area contributed by atoms with Crippen LogP contribution in [0.15, 0.2) is 54.9 Å². The normalized spacial score (nSPS) is 10.8. The Balaban J connectivity index is 1.57. The molecule has 3 aromatic rings. The van der Waals surface area contributed by atoms with Crippen molar-refractivity contribution in [2.24, 2.45) is 0 Å². The zero-order valence-corrected chi connectivity index (χ0v) is 12.0. The first kappa shape index (κ1) is 14.3. The molecule has 0 saturated carbocycles. The Morgan fingerprint density at radius 3 is 2.95 bits per heavy atom. The summed E-state index contributed by atoms with van der Waals surface area (Å²) in [5.41, 5.74) is 1.63. The van der Waals surface area contributed by atoms with Crippen molar-refractivity contribution < 1.29 is 9.18 Å². The molecule has 2 aromatic heterocycles. The number of carbonyl (C=O) groups excluding carboxylic acids is 1. The standard InChI is InChI=1S/C17H16FN3O/c18-14-5-4-13-6-9-21(16(13)11-14)10-7-17(22)20-12-15-3-1-2-8-19-15/h1-6,8-9,11H,7,10,12H2,(H,20,22). The van der Waals surface area contributed by atoms with Gasteiger partial charge in [-0.2, -0.15) is 0 Å². The molecule has 0 radical (unpaired) electrons. The molecule has 1 N–H and O–H groups in total. The summed E-state index contributed by atoms with van der Waals surface area (Å²) < 4.78 is 15.2. The number of aromatic nitrogens is 2. The third kappa shape index (κ3) is 3.31. The number of nitrogens with one attached hydrogen (secondary N) is 1. The van der Waals surface area contributed by atoms with Gasteiger partial charge in [-0.1, -0.05) is 6.07 Å². The fraction of sp³-hybridized carbons (Fsp3) is 0.176. The van der Waals surface area contributed by atoms with Gasteiger partial charge in [0.15, 0.2) is 0 Å². The molecule has 0 fully saturated rings. The molecule has 1 aromatic carbocycles. The third-order valence-corrected chi connectivity index (χ3v) is 3.51. The summed E-state index contributed by atoms with van der Waals surface area (Å²) in [5, 5.41) is 3.80. The van der Waals surface area contributed by atoms with Gasteiger partial charge in [-0.3, -0.25) is 9.78 Å². The van der Waals surface area contributed by atoms with E-state index < -0.39 is 0 Å². The van der Waals surface area contributed by atoms with E-state index >= 15 is 0 Å². The van der Waals surface area contributed by atoms with Gasteiger partial charge in [-0.05, 0) is 41.8 Å². The van der Waals surface area contributed by atoms with Crippen LogP contribution in [0.3, 0.4) is 0 Å². The van der Waals surface area contributed by atoms with Crippen molar-refractivity contribution in [2.45, 2.75) is 19.5 Å². The maximum absolute atomic E-state index is 13.3. The monoisotopic (exact) mass is 297 g/mol. The number of hydrogen-bond acceptors (Lipinski definition) is 2. The van der Waals surface area contributed by atoms with Gasteiger partial charge in [0.2, 0.25) is 5.91 Å². The van der Waals surface area contributed by atoms with E-state index in [9.17, 15) is 9.18 Å². The molecule has 112 valence electrons. The molecule has 0 aliphatic carbocycles. The molecule has 22 heavy (non-hydrogen) atoms. The number of hydrogen-bond donors (Lipinski definition) is 1. The number of carbonyl (C=O) groups is 1. The molecule has 1 amide bonds. The third-order valence-electron chi connectivity index (χ3n) is 3.51. The molecule has 0 bridgehead atoms. The van der Waals surface area contributed by atoms with Crippen LogP contribution in [0.2, 0.25) is 0 Å². The predicted octanol–water partition coefficient (Wildman–Crippen LogP) is 2.88. The summed E-state index contributed by atoms with van der Waals surface area (Å²) in [6, 6.07) is 12.2. The van der Waals surface area contributed by atoms with Crippen molar-refractivity contribution in [3.05, 3.63) is 66.4 Å². The Morgan fingerprint density at radius 2 is 2.14 bits per heavy atom. The summed E-state index contributed by atoms with van der Waals surface area (Å²) in [6.07, 6.45) is 3.91. The number of halogens is 1. The second-order valence-corrected chi connectivity index (χ2v) is 5.06. The van der Waals surface area contributed by atoms with E-state index in [-0.39, 0.29) is 11.7 Å². The maximum atomic E-state index is 13.3. The Hall–Kier alpha value is -2.69. The van der Waals surface area contributed by atoms with Crippen LogP contribution in [0.5, 0.6) is 0 Å². The SMILES string of the molecule is O=C(CCn1ccc2ccc(F)cc21)NCc1ccccn1. The first-order chi connectivity index (χ1) is 10.7. The zero-order chi connectivity index (χ0) is 15.4. The average Bonchev–Trinajstić information content (AvgIpc) is 2.94. The minimum atomic E-state index is -0.271. The Kier molecular flexibility index (Phi) is 4.14. The molecule has 2 heterocycles. The van der Waals surface area contributed by atoms with Crippen LogP contribution in [0.1, 0.15) is 12.1 Å². The molecule has 0 atom stereocenters. The second kappa shape index (κ2) is 6.39. The summed E-state index contributed by atoms with van der Waals surface area (Å²) in [5.74, 6) is -0.323. The number of pyridine rings is 1. The van der Waals surface area contributed by atoms with E-state index in [1.54, 1.807) is 12.3 Å². The molecule has 0 unspecified atom stereocenters. The lowest BCUT2D eigenvalue weighted by Crippen LogP contribution is -2.24. The van der Waals surface area contributed by atoms with Crippen LogP contribution in [0.25, 0.3) is 10.9 Å². The largest absolute Gasteiger partial charge is 0.350 e. The minimum Gasteiger partial charge on any atom is -0.350 e. The van der Waals surface area contributed by atoms with Gasteiger partial charge in [0.25, 0.3) is 0 Å². The van der Waals surface area contributed by atoms with Crippen molar-refractivity contribution in [3.63, 3.8) is 0 Å². The summed E-state index contributed by atoms with van der Waals surface area (Å²) in [4.78, 5) is 16.0. The van der Waals surface area contributed by atoms with Crippen molar-refractivity contribution in [3.8, 4) is 0 Å². The molecule has 0 aliphatic rings. The van der Waals surface area contributed by atoms with Crippen molar-refractivity contribution in [1.29, 1.82) is 0 Å². The van der Waals surface area contributed by atoms with E-state index in [0.29, 0.717) is 19.5 Å². The predicted molar refractivity (Wildman–Crippen MR) is 82.6 cm³/mol. The van der Waals surface area contributed by atoms with Crippen LogP contribution < -0.4 is 5.32 Å². The van der Waals surface area contributed by atoms with Gasteiger partial charge in [-0.25, -0.2) is 4.39 Å². The maximum Gasteiger partial charge on any atom is 0.222 e. The Morgan fingerprint density at radius 1 is 1.23 bits per heavy atom. The van der Waals surface area contributed by atoms with Gasteiger partial charge >= 0.3 is 0 Å². The van der Waals surface area contributed by atoms with Crippen molar-refractivity contribution in [2.75, 3.05) is 0 Å². The summed E-state index contributed by atoms with van der Waals surface area (Å²) in [6.45, 7) is 0.932. The molecule has 0 spiro atoms. The Labute approximate surface area is 127 Å². The smallest absolute Gasteiger partial charge is 0.222 e. The van der Waals surface area contributed by atoms with Crippen LogP contribution >= 0.6 is 0 Å². The fourth-order valence-electron chi connectivity index (χ4n) is 2.35. The van der Waals surface area contributed by atoms with Crippen LogP contribution in [-0.2, 0) is 17.9 Å². The van der Waals surface area contributed by atoms with E-state index in [4.69, 9.17) is 0 Å². The number of amides is 1.